The van der Waals surface area contributed by atoms with Crippen molar-refractivity contribution in [3.05, 3.63) is 53.6 Å². The molecule has 0 aromatic heterocycles. The highest BCUT2D eigenvalue weighted by Crippen LogP contribution is 2.28. The van der Waals surface area contributed by atoms with E-state index in [1.165, 1.54) is 30.3 Å². The number of benzene rings is 2. The van der Waals surface area contributed by atoms with E-state index in [4.69, 9.17) is 5.73 Å². The van der Waals surface area contributed by atoms with Crippen LogP contribution < -0.4 is 5.73 Å². The first kappa shape index (κ1) is 10.6. The molecule has 2 aromatic carbocycles. The van der Waals surface area contributed by atoms with Gasteiger partial charge >= 0.3 is 0 Å². The number of anilines is 1. The van der Waals surface area contributed by atoms with E-state index in [1.54, 1.807) is 13.0 Å². The molecule has 0 heterocycles. The van der Waals surface area contributed by atoms with Gasteiger partial charge in [0.15, 0.2) is 0 Å². The summed E-state index contributed by atoms with van der Waals surface area (Å²) in [5.41, 5.74) is 8.05. The highest BCUT2D eigenvalue weighted by atomic mass is 19.1. The van der Waals surface area contributed by atoms with Gasteiger partial charge in [-0.1, -0.05) is 6.07 Å². The van der Waals surface area contributed by atoms with Crippen LogP contribution in [0.15, 0.2) is 36.4 Å². The highest BCUT2D eigenvalue weighted by Gasteiger charge is 2.06. The molecule has 0 saturated carbocycles. The molecule has 0 saturated heterocycles. The van der Waals surface area contributed by atoms with E-state index in [1.807, 2.05) is 0 Å². The fraction of sp³-hybridized carbons (Fsp3) is 0.0769. The molecule has 0 radical (unpaired) electrons. The molecule has 82 valence electrons. The van der Waals surface area contributed by atoms with Crippen molar-refractivity contribution in [1.82, 2.24) is 0 Å². The van der Waals surface area contributed by atoms with Gasteiger partial charge in [-0.05, 0) is 48.4 Å². The molecule has 2 N–H and O–H groups in total. The van der Waals surface area contributed by atoms with Crippen molar-refractivity contribution in [2.24, 2.45) is 0 Å². The van der Waals surface area contributed by atoms with E-state index < -0.39 is 0 Å². The van der Waals surface area contributed by atoms with Crippen LogP contribution in [0, 0.1) is 18.6 Å². The Balaban J connectivity index is 2.62. The predicted octanol–water partition coefficient (Wildman–Crippen LogP) is 3.52. The summed E-state index contributed by atoms with van der Waals surface area (Å²) in [5.74, 6) is -0.732. The minimum Gasteiger partial charge on any atom is -0.398 e. The average molecular weight is 219 g/mol. The Kier molecular flexibility index (Phi) is 2.60. The summed E-state index contributed by atoms with van der Waals surface area (Å²) in [5, 5.41) is 0. The summed E-state index contributed by atoms with van der Waals surface area (Å²) in [4.78, 5) is 0. The van der Waals surface area contributed by atoms with Crippen molar-refractivity contribution in [2.45, 2.75) is 6.92 Å². The molecule has 0 aliphatic heterocycles. The fourth-order valence-corrected chi connectivity index (χ4v) is 1.67. The Morgan fingerprint density at radius 3 is 2.38 bits per heavy atom. The van der Waals surface area contributed by atoms with E-state index in [0.717, 1.165) is 5.56 Å². The van der Waals surface area contributed by atoms with Gasteiger partial charge in [0.05, 0.1) is 0 Å². The van der Waals surface area contributed by atoms with Crippen LogP contribution in [-0.2, 0) is 0 Å². The molecule has 1 nitrogen and oxygen atoms in total. The van der Waals surface area contributed by atoms with E-state index >= 15 is 0 Å². The molecular formula is C13H11F2N. The van der Waals surface area contributed by atoms with Crippen molar-refractivity contribution in [2.75, 3.05) is 5.73 Å². The first-order valence-electron chi connectivity index (χ1n) is 4.89. The van der Waals surface area contributed by atoms with E-state index in [9.17, 15) is 8.78 Å². The van der Waals surface area contributed by atoms with Crippen LogP contribution in [-0.4, -0.2) is 0 Å². The molecule has 0 bridgehead atoms. The number of hydrogen-bond donors (Lipinski definition) is 1. The van der Waals surface area contributed by atoms with Crippen LogP contribution in [0.1, 0.15) is 5.56 Å². The second-order valence-corrected chi connectivity index (χ2v) is 3.75. The molecular weight excluding hydrogens is 208 g/mol. The van der Waals surface area contributed by atoms with E-state index in [2.05, 4.69) is 0 Å². The van der Waals surface area contributed by atoms with Crippen molar-refractivity contribution in [1.29, 1.82) is 0 Å². The van der Waals surface area contributed by atoms with Crippen molar-refractivity contribution in [3.63, 3.8) is 0 Å². The van der Waals surface area contributed by atoms with Crippen LogP contribution in [0.5, 0.6) is 0 Å². The molecule has 0 aliphatic carbocycles. The third-order valence-corrected chi connectivity index (χ3v) is 2.37. The third kappa shape index (κ3) is 2.03. The Morgan fingerprint density at radius 2 is 1.69 bits per heavy atom. The predicted molar refractivity (Wildman–Crippen MR) is 60.9 cm³/mol. The normalized spacial score (nSPS) is 10.4. The SMILES string of the molecule is Cc1cc(F)cc(-c2cc(F)ccc2N)c1. The van der Waals surface area contributed by atoms with E-state index in [0.29, 0.717) is 16.8 Å². The number of rotatable bonds is 1. The van der Waals surface area contributed by atoms with Crippen LogP contribution in [0.25, 0.3) is 11.1 Å². The van der Waals surface area contributed by atoms with Gasteiger partial charge in [0.1, 0.15) is 11.6 Å². The Labute approximate surface area is 92.5 Å². The first-order chi connectivity index (χ1) is 7.56. The summed E-state index contributed by atoms with van der Waals surface area (Å²) in [6.45, 7) is 1.78. The Hall–Kier alpha value is -1.90. The van der Waals surface area contributed by atoms with Gasteiger partial charge in [-0.3, -0.25) is 0 Å². The molecule has 0 unspecified atom stereocenters. The summed E-state index contributed by atoms with van der Waals surface area (Å²) in [7, 11) is 0. The van der Waals surface area contributed by atoms with Crippen LogP contribution in [0.2, 0.25) is 0 Å². The summed E-state index contributed by atoms with van der Waals surface area (Å²) >= 11 is 0. The van der Waals surface area contributed by atoms with Gasteiger partial charge in [-0.15, -0.1) is 0 Å². The molecule has 0 atom stereocenters. The lowest BCUT2D eigenvalue weighted by Crippen LogP contribution is -1.92. The monoisotopic (exact) mass is 219 g/mol. The topological polar surface area (TPSA) is 26.0 Å². The fourth-order valence-electron chi connectivity index (χ4n) is 1.67. The smallest absolute Gasteiger partial charge is 0.124 e. The zero-order valence-corrected chi connectivity index (χ0v) is 8.80. The van der Waals surface area contributed by atoms with Crippen molar-refractivity contribution >= 4 is 5.69 Å². The molecule has 2 rings (SSSR count). The number of aryl methyl sites for hydroxylation is 1. The summed E-state index contributed by atoms with van der Waals surface area (Å²) < 4.78 is 26.3. The third-order valence-electron chi connectivity index (χ3n) is 2.37. The molecule has 3 heteroatoms. The number of nitrogens with two attached hydrogens (primary N) is 1. The van der Waals surface area contributed by atoms with Crippen molar-refractivity contribution in [3.8, 4) is 11.1 Å². The number of nitrogen functional groups attached to an aromatic ring is 1. The lowest BCUT2D eigenvalue weighted by molar-refractivity contribution is 0.625. The lowest BCUT2D eigenvalue weighted by Gasteiger charge is -2.07. The lowest BCUT2D eigenvalue weighted by atomic mass is 10.0. The van der Waals surface area contributed by atoms with Gasteiger partial charge in [-0.2, -0.15) is 0 Å². The van der Waals surface area contributed by atoms with Gasteiger partial charge in [0.25, 0.3) is 0 Å². The Morgan fingerprint density at radius 1 is 0.938 bits per heavy atom. The van der Waals surface area contributed by atoms with Crippen LogP contribution in [0.3, 0.4) is 0 Å². The quantitative estimate of drug-likeness (QED) is 0.729. The number of halogens is 2. The molecule has 2 aromatic rings. The maximum atomic E-state index is 13.2. The Bertz CT molecular complexity index is 515. The largest absolute Gasteiger partial charge is 0.398 e. The molecule has 0 fully saturated rings. The summed E-state index contributed by atoms with van der Waals surface area (Å²) in [6.07, 6.45) is 0. The highest BCUT2D eigenvalue weighted by molar-refractivity contribution is 5.76. The van der Waals surface area contributed by atoms with Crippen molar-refractivity contribution < 1.29 is 8.78 Å². The second kappa shape index (κ2) is 3.93. The van der Waals surface area contributed by atoms with Crippen LogP contribution >= 0.6 is 0 Å². The molecule has 0 aliphatic rings. The zero-order chi connectivity index (χ0) is 11.7. The van der Waals surface area contributed by atoms with Gasteiger partial charge in [0, 0.05) is 11.3 Å². The molecule has 0 amide bonds. The van der Waals surface area contributed by atoms with Crippen LogP contribution in [0.4, 0.5) is 14.5 Å². The van der Waals surface area contributed by atoms with Gasteiger partial charge < -0.3 is 5.73 Å². The average Bonchev–Trinajstić information content (AvgIpc) is 2.20. The maximum absolute atomic E-state index is 13.2. The zero-order valence-electron chi connectivity index (χ0n) is 8.80. The van der Waals surface area contributed by atoms with Gasteiger partial charge in [-0.25, -0.2) is 8.78 Å². The minimum atomic E-state index is -0.383. The maximum Gasteiger partial charge on any atom is 0.124 e. The second-order valence-electron chi connectivity index (χ2n) is 3.75. The first-order valence-corrected chi connectivity index (χ1v) is 4.89. The van der Waals surface area contributed by atoms with E-state index in [-0.39, 0.29) is 11.6 Å². The summed E-state index contributed by atoms with van der Waals surface area (Å²) in [6, 6.07) is 8.60. The minimum absolute atomic E-state index is 0.348. The number of hydrogen-bond acceptors (Lipinski definition) is 1. The standard InChI is InChI=1S/C13H11F2N/c1-8-4-9(6-11(15)5-8)12-7-10(14)2-3-13(12)16/h2-7H,16H2,1H3. The molecule has 0 spiro atoms. The van der Waals surface area contributed by atoms with Gasteiger partial charge in [0.2, 0.25) is 0 Å². The molecule has 16 heavy (non-hydrogen) atoms.